The molecule has 1 unspecified atom stereocenters. The molecule has 30 heavy (non-hydrogen) atoms. The van der Waals surface area contributed by atoms with Gasteiger partial charge in [-0.05, 0) is 50.9 Å². The van der Waals surface area contributed by atoms with Crippen molar-refractivity contribution in [3.63, 3.8) is 0 Å². The van der Waals surface area contributed by atoms with E-state index in [1.165, 1.54) is 0 Å². The van der Waals surface area contributed by atoms with Gasteiger partial charge in [-0.15, -0.1) is 0 Å². The average Bonchev–Trinajstić information content (AvgIpc) is 3.06. The molecule has 168 valence electrons. The fraction of sp³-hybridized carbons (Fsp3) is 0.750. The van der Waals surface area contributed by atoms with E-state index in [0.29, 0.717) is 36.3 Å². The van der Waals surface area contributed by atoms with Crippen molar-refractivity contribution in [2.45, 2.75) is 63.8 Å². The van der Waals surface area contributed by atoms with Gasteiger partial charge >= 0.3 is 5.97 Å². The molecule has 0 spiro atoms. The predicted octanol–water partition coefficient (Wildman–Crippen LogP) is 1.23. The first-order chi connectivity index (χ1) is 14.3. The third-order valence-corrected chi connectivity index (χ3v) is 6.51. The van der Waals surface area contributed by atoms with Gasteiger partial charge in [-0.3, -0.25) is 24.1 Å². The third kappa shape index (κ3) is 7.21. The van der Waals surface area contributed by atoms with E-state index in [1.54, 1.807) is 0 Å². The minimum absolute atomic E-state index is 0.0180. The third-order valence-electron chi connectivity index (χ3n) is 5.82. The number of carbonyl (C=O) groups is 5. The van der Waals surface area contributed by atoms with Crippen molar-refractivity contribution < 1.29 is 29.1 Å². The number of hydrogen-bond donors (Lipinski definition) is 3. The maximum Gasteiger partial charge on any atom is 0.326 e. The number of likely N-dealkylation sites (tertiary alicyclic amines) is 1. The Balaban J connectivity index is 1.63. The molecule has 0 radical (unpaired) electrons. The zero-order valence-electron chi connectivity index (χ0n) is 17.0. The van der Waals surface area contributed by atoms with Crippen molar-refractivity contribution in [3.8, 4) is 0 Å². The van der Waals surface area contributed by atoms with Crippen LogP contribution in [0.2, 0.25) is 0 Å². The summed E-state index contributed by atoms with van der Waals surface area (Å²) in [5.74, 6) is -1.56. The summed E-state index contributed by atoms with van der Waals surface area (Å²) in [4.78, 5) is 59.5. The highest BCUT2D eigenvalue weighted by atomic mass is 127. The Morgan fingerprint density at radius 3 is 2.23 bits per heavy atom. The van der Waals surface area contributed by atoms with Gasteiger partial charge in [0.25, 0.3) is 0 Å². The van der Waals surface area contributed by atoms with Crippen LogP contribution in [0.25, 0.3) is 0 Å². The van der Waals surface area contributed by atoms with E-state index in [2.05, 4.69) is 10.6 Å². The molecule has 2 fully saturated rings. The van der Waals surface area contributed by atoms with Crippen LogP contribution in [-0.2, 0) is 24.0 Å². The fourth-order valence-corrected chi connectivity index (χ4v) is 4.33. The number of alkyl halides is 1. The fourth-order valence-electron chi connectivity index (χ4n) is 4.06. The topological polar surface area (TPSA) is 133 Å². The summed E-state index contributed by atoms with van der Waals surface area (Å²) in [7, 11) is 0. The molecule has 3 N–H and O–H groups in total. The summed E-state index contributed by atoms with van der Waals surface area (Å²) in [6.07, 6.45) is 4.86. The Bertz CT molecular complexity index is 647. The van der Waals surface area contributed by atoms with Crippen LogP contribution in [0.3, 0.4) is 0 Å². The van der Waals surface area contributed by atoms with E-state index in [4.69, 9.17) is 0 Å². The first-order valence-corrected chi connectivity index (χ1v) is 12.0. The number of nitrogens with one attached hydrogen (secondary N) is 2. The Labute approximate surface area is 189 Å². The molecule has 2 aliphatic rings. The number of aliphatic carboxylic acids is 1. The molecule has 1 saturated carbocycles. The molecule has 2 rings (SSSR count). The molecule has 0 aromatic rings. The van der Waals surface area contributed by atoms with Crippen LogP contribution < -0.4 is 10.6 Å². The Hall–Kier alpha value is -1.72. The number of carboxylic acid groups (broad SMARTS) is 1. The zero-order chi connectivity index (χ0) is 22.1. The van der Waals surface area contributed by atoms with Crippen molar-refractivity contribution >= 4 is 52.2 Å². The van der Waals surface area contributed by atoms with Crippen molar-refractivity contribution in [1.82, 2.24) is 15.5 Å². The van der Waals surface area contributed by atoms with Crippen LogP contribution in [0.15, 0.2) is 0 Å². The maximum atomic E-state index is 12.3. The number of unbranched alkanes of at least 4 members (excludes halogenated alkanes) is 1. The molecule has 10 heteroatoms. The van der Waals surface area contributed by atoms with Crippen LogP contribution in [0.1, 0.15) is 57.8 Å². The van der Waals surface area contributed by atoms with E-state index in [9.17, 15) is 29.1 Å². The van der Waals surface area contributed by atoms with Gasteiger partial charge in [0.15, 0.2) is 0 Å². The highest BCUT2D eigenvalue weighted by Gasteiger charge is 2.38. The van der Waals surface area contributed by atoms with Crippen molar-refractivity contribution in [1.29, 1.82) is 0 Å². The van der Waals surface area contributed by atoms with Crippen LogP contribution in [-0.4, -0.2) is 63.2 Å². The molecular formula is C20H30IN3O6. The second kappa shape index (κ2) is 12.2. The summed E-state index contributed by atoms with van der Waals surface area (Å²) >= 11 is 2.03. The lowest BCUT2D eigenvalue weighted by atomic mass is 9.81. The predicted molar refractivity (Wildman–Crippen MR) is 117 cm³/mol. The number of carbonyl (C=O) groups excluding carboxylic acids is 4. The smallest absolute Gasteiger partial charge is 0.326 e. The monoisotopic (exact) mass is 535 g/mol. The maximum absolute atomic E-state index is 12.3. The minimum Gasteiger partial charge on any atom is -0.480 e. The lowest BCUT2D eigenvalue weighted by molar-refractivity contribution is -0.154. The van der Waals surface area contributed by atoms with Crippen LogP contribution in [0.5, 0.6) is 0 Å². The molecule has 1 heterocycles. The zero-order valence-corrected chi connectivity index (χ0v) is 19.2. The molecule has 1 aliphatic carbocycles. The minimum atomic E-state index is -1.17. The van der Waals surface area contributed by atoms with Gasteiger partial charge in [0.1, 0.15) is 6.04 Å². The molecule has 1 aliphatic heterocycles. The van der Waals surface area contributed by atoms with E-state index in [0.717, 1.165) is 30.6 Å². The Kier molecular flexibility index (Phi) is 9.99. The molecule has 9 nitrogen and oxygen atoms in total. The summed E-state index contributed by atoms with van der Waals surface area (Å²) in [6, 6.07) is -1.12. The lowest BCUT2D eigenvalue weighted by Crippen LogP contribution is -2.44. The number of rotatable bonds is 11. The summed E-state index contributed by atoms with van der Waals surface area (Å²) < 4.78 is 0.452. The quantitative estimate of drug-likeness (QED) is 0.158. The van der Waals surface area contributed by atoms with Gasteiger partial charge in [0, 0.05) is 31.8 Å². The highest BCUT2D eigenvalue weighted by Crippen LogP contribution is 2.28. The second-order valence-electron chi connectivity index (χ2n) is 7.95. The first kappa shape index (κ1) is 24.5. The van der Waals surface area contributed by atoms with Crippen LogP contribution in [0.4, 0.5) is 0 Å². The van der Waals surface area contributed by atoms with Gasteiger partial charge in [-0.2, -0.15) is 0 Å². The number of nitrogens with zero attached hydrogens (tertiary/aromatic N) is 1. The van der Waals surface area contributed by atoms with Crippen molar-refractivity contribution in [2.24, 2.45) is 11.8 Å². The molecule has 4 amide bonds. The number of amides is 4. The largest absolute Gasteiger partial charge is 0.480 e. The normalized spacial score (nSPS) is 22.6. The highest BCUT2D eigenvalue weighted by molar-refractivity contribution is 14.1. The molecule has 0 bridgehead atoms. The van der Waals surface area contributed by atoms with Crippen molar-refractivity contribution in [3.05, 3.63) is 0 Å². The number of carboxylic acids is 1. The SMILES string of the molecule is O=C(CI)NCC1CCC(C(=O)NCCCCC(C(=O)O)N2C(=O)CCC2=O)CC1. The van der Waals surface area contributed by atoms with Crippen molar-refractivity contribution in [2.75, 3.05) is 17.5 Å². The number of halogens is 1. The number of imide groups is 1. The van der Waals surface area contributed by atoms with Gasteiger partial charge in [-0.1, -0.05) is 22.6 Å². The van der Waals surface area contributed by atoms with E-state index in [-0.39, 0.29) is 37.0 Å². The average molecular weight is 535 g/mol. The standard InChI is InChI=1S/C20H30IN3O6/c21-11-16(25)23-12-13-4-6-14(7-5-13)19(28)22-10-2-1-3-15(20(29)30)24-17(26)8-9-18(24)27/h13-15H,1-12H2,(H,22,28)(H,23,25)(H,29,30). The Morgan fingerprint density at radius 1 is 1.03 bits per heavy atom. The molecular weight excluding hydrogens is 505 g/mol. The molecule has 0 aromatic carbocycles. The molecule has 0 aromatic heterocycles. The Morgan fingerprint density at radius 2 is 1.67 bits per heavy atom. The van der Waals surface area contributed by atoms with Gasteiger partial charge in [0.2, 0.25) is 23.6 Å². The summed E-state index contributed by atoms with van der Waals surface area (Å²) in [6.45, 7) is 1.11. The van der Waals surface area contributed by atoms with E-state index >= 15 is 0 Å². The number of hydrogen-bond acceptors (Lipinski definition) is 5. The molecule has 1 atom stereocenters. The lowest BCUT2D eigenvalue weighted by Gasteiger charge is -2.28. The summed E-state index contributed by atoms with van der Waals surface area (Å²) in [5.41, 5.74) is 0. The van der Waals surface area contributed by atoms with Gasteiger partial charge < -0.3 is 15.7 Å². The van der Waals surface area contributed by atoms with Gasteiger partial charge in [-0.25, -0.2) is 4.79 Å². The van der Waals surface area contributed by atoms with E-state index in [1.807, 2.05) is 22.6 Å². The second-order valence-corrected chi connectivity index (χ2v) is 8.72. The van der Waals surface area contributed by atoms with Crippen LogP contribution >= 0.6 is 22.6 Å². The first-order valence-electron chi connectivity index (χ1n) is 10.5. The van der Waals surface area contributed by atoms with Crippen LogP contribution in [0, 0.1) is 11.8 Å². The molecule has 1 saturated heterocycles. The van der Waals surface area contributed by atoms with Gasteiger partial charge in [0.05, 0.1) is 4.43 Å². The summed E-state index contributed by atoms with van der Waals surface area (Å²) in [5, 5.41) is 15.2. The van der Waals surface area contributed by atoms with E-state index < -0.39 is 23.8 Å².